The zero-order valence-electron chi connectivity index (χ0n) is 23.2. The van der Waals surface area contributed by atoms with Gasteiger partial charge in [0.25, 0.3) is 0 Å². The van der Waals surface area contributed by atoms with E-state index >= 15 is 0 Å². The van der Waals surface area contributed by atoms with Crippen LogP contribution in [0.3, 0.4) is 0 Å². The first kappa shape index (κ1) is 34.3. The molecular weight excluding hydrogens is 564 g/mol. The molecule has 0 atom stereocenters. The molecule has 0 aliphatic heterocycles. The molecule has 0 aliphatic carbocycles. The van der Waals surface area contributed by atoms with Gasteiger partial charge in [0.05, 0.1) is 37.5 Å². The van der Waals surface area contributed by atoms with Gasteiger partial charge in [0.2, 0.25) is 0 Å². The van der Waals surface area contributed by atoms with Crippen molar-refractivity contribution in [3.8, 4) is 5.75 Å². The second-order valence-electron chi connectivity index (χ2n) is 9.22. The maximum atomic E-state index is 12.5. The van der Waals surface area contributed by atoms with Gasteiger partial charge in [-0.15, -0.1) is 0 Å². The van der Waals surface area contributed by atoms with E-state index < -0.39 is 45.8 Å². The number of hydrogen-bond acceptors (Lipinski definition) is 7. The Hall–Kier alpha value is -2.76. The van der Waals surface area contributed by atoms with E-state index in [0.717, 1.165) is 12.1 Å². The molecule has 11 heteroatoms. The van der Waals surface area contributed by atoms with Crippen molar-refractivity contribution >= 4 is 29.5 Å². The molecule has 3 rings (SSSR count). The summed E-state index contributed by atoms with van der Waals surface area (Å²) in [6.45, 7) is 9.89. The summed E-state index contributed by atoms with van der Waals surface area (Å²) >= 11 is 0. The number of ether oxygens (including phenoxy) is 1. The highest BCUT2D eigenvalue weighted by Gasteiger charge is 2.20. The number of halogens is 1. The highest BCUT2D eigenvalue weighted by atomic mass is 32.2. The predicted octanol–water partition coefficient (Wildman–Crippen LogP) is 5.75. The van der Waals surface area contributed by atoms with E-state index in [2.05, 4.69) is 0 Å². The van der Waals surface area contributed by atoms with Crippen molar-refractivity contribution in [1.82, 2.24) is 0 Å². The summed E-state index contributed by atoms with van der Waals surface area (Å²) in [5, 5.41) is -1.21. The van der Waals surface area contributed by atoms with Crippen LogP contribution in [-0.4, -0.2) is 48.1 Å². The van der Waals surface area contributed by atoms with E-state index in [9.17, 15) is 29.6 Å². The Balaban J connectivity index is 0.000000293. The lowest BCUT2D eigenvalue weighted by Crippen LogP contribution is -2.13. The van der Waals surface area contributed by atoms with Crippen LogP contribution in [0.25, 0.3) is 0 Å². The average Bonchev–Trinajstić information content (AvgIpc) is 2.90. The average molecular weight is 601 g/mol. The van der Waals surface area contributed by atoms with Crippen molar-refractivity contribution in [2.24, 2.45) is 0 Å². The number of sulfone groups is 3. The second-order valence-corrected chi connectivity index (χ2v) is 16.7. The fourth-order valence-corrected chi connectivity index (χ4v) is 6.02. The van der Waals surface area contributed by atoms with Gasteiger partial charge in [-0.2, -0.15) is 0 Å². The predicted molar refractivity (Wildman–Crippen MR) is 153 cm³/mol. The smallest absolute Gasteiger partial charge is 0.180 e. The zero-order valence-corrected chi connectivity index (χ0v) is 25.6. The molecule has 0 radical (unpaired) electrons. The highest BCUT2D eigenvalue weighted by molar-refractivity contribution is 7.92. The molecule has 0 amide bonds. The third kappa shape index (κ3) is 9.74. The Morgan fingerprint density at radius 3 is 1.13 bits per heavy atom. The molecule has 3 aromatic carbocycles. The van der Waals surface area contributed by atoms with Gasteiger partial charge in [0, 0.05) is 0 Å². The van der Waals surface area contributed by atoms with Crippen LogP contribution in [0.5, 0.6) is 5.75 Å². The first-order chi connectivity index (χ1) is 18.0. The van der Waals surface area contributed by atoms with Gasteiger partial charge in [-0.25, -0.2) is 29.6 Å². The lowest BCUT2D eigenvalue weighted by molar-refractivity contribution is 0.414. The lowest BCUT2D eigenvalue weighted by Gasteiger charge is -2.07. The molecule has 0 unspecified atom stereocenters. The summed E-state index contributed by atoms with van der Waals surface area (Å²) in [4.78, 5) is 0.914. The molecule has 0 aliphatic rings. The Labute approximate surface area is 232 Å². The molecule has 0 fully saturated rings. The Kier molecular flexibility index (Phi) is 12.8. The van der Waals surface area contributed by atoms with Gasteiger partial charge in [-0.05, 0) is 102 Å². The third-order valence-electron chi connectivity index (χ3n) is 5.46. The Morgan fingerprint density at radius 2 is 0.821 bits per heavy atom. The summed E-state index contributed by atoms with van der Waals surface area (Å²) in [5.74, 6) is 0.232. The van der Waals surface area contributed by atoms with Crippen LogP contribution in [0.15, 0.2) is 93.5 Å². The summed E-state index contributed by atoms with van der Waals surface area (Å²) in [7, 11) is -7.95. The molecule has 216 valence electrons. The van der Waals surface area contributed by atoms with Crippen LogP contribution in [0.1, 0.15) is 41.5 Å². The van der Waals surface area contributed by atoms with Crippen molar-refractivity contribution in [1.29, 1.82) is 0 Å². The van der Waals surface area contributed by atoms with Gasteiger partial charge >= 0.3 is 0 Å². The first-order valence-corrected chi connectivity index (χ1v) is 16.8. The van der Waals surface area contributed by atoms with E-state index in [1.807, 2.05) is 0 Å². The first-order valence-electron chi connectivity index (χ1n) is 12.1. The molecule has 0 N–H and O–H groups in total. The second kappa shape index (κ2) is 14.6. The standard InChI is InChI=1S/C10H14O3S.C9H11FO2S.C9H12O2S/c1-8(2)14(11,12)10-6-4-9(13-3)5-7-10;1-7(2)13(11,12)9-5-3-8(10)4-6-9;1-8(2)12(10,11)9-6-4-3-5-7-9/h4-8H,1-3H3;3-7H,1-2H3;3-8H,1-2H3. The minimum Gasteiger partial charge on any atom is -0.497 e. The number of methoxy groups -OCH3 is 1. The van der Waals surface area contributed by atoms with Crippen LogP contribution in [-0.2, 0) is 29.5 Å². The maximum Gasteiger partial charge on any atom is 0.180 e. The Morgan fingerprint density at radius 1 is 0.513 bits per heavy atom. The van der Waals surface area contributed by atoms with Crippen LogP contribution < -0.4 is 4.74 Å². The molecule has 0 saturated carbocycles. The molecule has 0 bridgehead atoms. The largest absolute Gasteiger partial charge is 0.497 e. The monoisotopic (exact) mass is 600 g/mol. The van der Waals surface area contributed by atoms with Crippen LogP contribution in [0.2, 0.25) is 0 Å². The van der Waals surface area contributed by atoms with E-state index in [4.69, 9.17) is 4.74 Å². The minimum absolute atomic E-state index is 0.170. The fourth-order valence-electron chi connectivity index (χ4n) is 2.82. The summed E-state index contributed by atoms with van der Waals surface area (Å²) in [6.07, 6.45) is 0. The van der Waals surface area contributed by atoms with E-state index in [0.29, 0.717) is 15.5 Å². The number of hydrogen-bond donors (Lipinski definition) is 0. The molecule has 0 saturated heterocycles. The van der Waals surface area contributed by atoms with E-state index in [1.54, 1.807) is 103 Å². The zero-order chi connectivity index (χ0) is 30.0. The van der Waals surface area contributed by atoms with Gasteiger partial charge in [0.1, 0.15) is 11.6 Å². The van der Waals surface area contributed by atoms with Crippen molar-refractivity contribution in [3.63, 3.8) is 0 Å². The highest BCUT2D eigenvalue weighted by Crippen LogP contribution is 2.19. The number of benzene rings is 3. The Bertz CT molecular complexity index is 1480. The lowest BCUT2D eigenvalue weighted by atomic mass is 10.3. The van der Waals surface area contributed by atoms with Gasteiger partial charge in [0.15, 0.2) is 29.5 Å². The summed E-state index contributed by atoms with van der Waals surface area (Å²) < 4.78 is 86.9. The van der Waals surface area contributed by atoms with Crippen molar-refractivity contribution < 1.29 is 34.4 Å². The van der Waals surface area contributed by atoms with Gasteiger partial charge < -0.3 is 4.74 Å². The fraction of sp³-hybridized carbons (Fsp3) is 0.357. The molecule has 3 aromatic rings. The van der Waals surface area contributed by atoms with Crippen LogP contribution >= 0.6 is 0 Å². The number of rotatable bonds is 7. The molecule has 7 nitrogen and oxygen atoms in total. The summed E-state index contributed by atoms with van der Waals surface area (Å²) in [5.41, 5.74) is 0. The molecule has 39 heavy (non-hydrogen) atoms. The van der Waals surface area contributed by atoms with Crippen LogP contribution in [0.4, 0.5) is 4.39 Å². The van der Waals surface area contributed by atoms with E-state index in [1.165, 1.54) is 12.1 Å². The minimum atomic E-state index is -3.26. The molecule has 0 aromatic heterocycles. The topological polar surface area (TPSA) is 112 Å². The molecular formula is C28H37FO7S3. The summed E-state index contributed by atoms with van der Waals surface area (Å²) in [6, 6.07) is 19.8. The van der Waals surface area contributed by atoms with Gasteiger partial charge in [-0.3, -0.25) is 0 Å². The van der Waals surface area contributed by atoms with Crippen molar-refractivity contribution in [2.75, 3.05) is 7.11 Å². The van der Waals surface area contributed by atoms with Crippen molar-refractivity contribution in [3.05, 3.63) is 84.7 Å². The normalized spacial score (nSPS) is 11.9. The SMILES string of the molecule is CC(C)S(=O)(=O)c1ccc(F)cc1.CC(C)S(=O)(=O)c1ccccc1.COc1ccc(S(=O)(=O)C(C)C)cc1. The van der Waals surface area contributed by atoms with E-state index in [-0.39, 0.29) is 10.1 Å². The van der Waals surface area contributed by atoms with Crippen LogP contribution in [0, 0.1) is 5.82 Å². The maximum absolute atomic E-state index is 12.5. The molecule has 0 heterocycles. The van der Waals surface area contributed by atoms with Crippen molar-refractivity contribution in [2.45, 2.75) is 72.0 Å². The third-order valence-corrected chi connectivity index (χ3v) is 12.0. The molecule has 0 spiro atoms. The quantitative estimate of drug-likeness (QED) is 0.317. The van der Waals surface area contributed by atoms with Gasteiger partial charge in [-0.1, -0.05) is 18.2 Å².